The first kappa shape index (κ1) is 14.8. The van der Waals surface area contributed by atoms with E-state index < -0.39 is 16.1 Å². The summed E-state index contributed by atoms with van der Waals surface area (Å²) in [7, 11) is -3.80. The Bertz CT molecular complexity index is 821. The Labute approximate surface area is 129 Å². The molecule has 116 valence electrons. The fourth-order valence-electron chi connectivity index (χ4n) is 2.71. The summed E-state index contributed by atoms with van der Waals surface area (Å²) in [5.41, 5.74) is 7.78. The maximum absolute atomic E-state index is 13.0. The molecule has 22 heavy (non-hydrogen) atoms. The molecular weight excluding hydrogens is 302 g/mol. The van der Waals surface area contributed by atoms with Gasteiger partial charge in [0, 0.05) is 6.20 Å². The van der Waals surface area contributed by atoms with Gasteiger partial charge in [0.05, 0.1) is 18.3 Å². The summed E-state index contributed by atoms with van der Waals surface area (Å²) >= 11 is 0. The second kappa shape index (κ2) is 5.26. The van der Waals surface area contributed by atoms with Gasteiger partial charge >= 0.3 is 0 Å². The van der Waals surface area contributed by atoms with E-state index in [4.69, 9.17) is 5.73 Å². The normalized spacial score (nSPS) is 17.5. The van der Waals surface area contributed by atoms with Gasteiger partial charge in [-0.05, 0) is 36.6 Å². The van der Waals surface area contributed by atoms with Crippen LogP contribution < -0.4 is 10.0 Å². The molecule has 1 atom stereocenters. The highest BCUT2D eigenvalue weighted by Gasteiger charge is 2.38. The van der Waals surface area contributed by atoms with Crippen molar-refractivity contribution in [2.75, 3.05) is 16.6 Å². The summed E-state index contributed by atoms with van der Waals surface area (Å²) in [5.74, 6) is 0.305. The van der Waals surface area contributed by atoms with Gasteiger partial charge in [0.1, 0.15) is 10.7 Å². The van der Waals surface area contributed by atoms with Gasteiger partial charge in [0.15, 0.2) is 0 Å². The van der Waals surface area contributed by atoms with Crippen LogP contribution in [0.4, 0.5) is 11.5 Å². The second-order valence-electron chi connectivity index (χ2n) is 5.34. The Balaban J connectivity index is 2.13. The zero-order valence-electron chi connectivity index (χ0n) is 12.1. The van der Waals surface area contributed by atoms with E-state index in [9.17, 15) is 13.5 Å². The summed E-state index contributed by atoms with van der Waals surface area (Å²) in [4.78, 5) is 4.01. The highest BCUT2D eigenvalue weighted by molar-refractivity contribution is 7.92. The molecule has 3 rings (SSSR count). The number of nitrogens with two attached hydrogens (primary N) is 1. The molecule has 0 radical (unpaired) electrons. The molecule has 0 amide bonds. The summed E-state index contributed by atoms with van der Waals surface area (Å²) < 4.78 is 27.2. The van der Waals surface area contributed by atoms with Gasteiger partial charge in [-0.3, -0.25) is 4.31 Å². The van der Waals surface area contributed by atoms with Crippen molar-refractivity contribution in [3.8, 4) is 0 Å². The topological polar surface area (TPSA) is 96.5 Å². The molecule has 0 spiro atoms. The molecule has 7 heteroatoms. The summed E-state index contributed by atoms with van der Waals surface area (Å²) in [6.07, 6.45) is 1.75. The van der Waals surface area contributed by atoms with E-state index in [1.807, 2.05) is 12.1 Å². The molecule has 3 N–H and O–H groups in total. The molecule has 1 aromatic carbocycles. The highest BCUT2D eigenvalue weighted by atomic mass is 32.2. The van der Waals surface area contributed by atoms with Crippen LogP contribution in [0.3, 0.4) is 0 Å². The molecule has 2 aromatic rings. The van der Waals surface area contributed by atoms with Crippen molar-refractivity contribution < 1.29 is 13.5 Å². The maximum atomic E-state index is 13.0. The third kappa shape index (κ3) is 2.22. The van der Waals surface area contributed by atoms with Crippen molar-refractivity contribution in [3.05, 3.63) is 47.7 Å². The van der Waals surface area contributed by atoms with Gasteiger partial charge in [-0.2, -0.15) is 0 Å². The lowest BCUT2D eigenvalue weighted by Crippen LogP contribution is -2.40. The van der Waals surface area contributed by atoms with E-state index in [1.165, 1.54) is 16.6 Å². The predicted octanol–water partition coefficient (Wildman–Crippen LogP) is 1.08. The molecule has 1 aromatic heterocycles. The van der Waals surface area contributed by atoms with Crippen LogP contribution in [0, 0.1) is 6.92 Å². The zero-order valence-corrected chi connectivity index (χ0v) is 12.9. The molecule has 0 bridgehead atoms. The van der Waals surface area contributed by atoms with Crippen LogP contribution in [-0.2, 0) is 16.4 Å². The number of fused-ring (bicyclic) bond motifs is 1. The molecule has 2 heterocycles. The van der Waals surface area contributed by atoms with E-state index in [1.54, 1.807) is 19.1 Å². The van der Waals surface area contributed by atoms with Crippen molar-refractivity contribution in [1.29, 1.82) is 0 Å². The largest absolute Gasteiger partial charge is 0.394 e. The maximum Gasteiger partial charge on any atom is 0.266 e. The number of aliphatic hydroxyl groups excluding tert-OH is 1. The lowest BCUT2D eigenvalue weighted by molar-refractivity contribution is 0.270. The molecule has 1 aliphatic heterocycles. The second-order valence-corrected chi connectivity index (χ2v) is 7.16. The fraction of sp³-hybridized carbons (Fsp3) is 0.267. The van der Waals surface area contributed by atoms with Crippen LogP contribution in [0.5, 0.6) is 0 Å². The lowest BCUT2D eigenvalue weighted by Gasteiger charge is -2.25. The minimum Gasteiger partial charge on any atom is -0.394 e. The summed E-state index contributed by atoms with van der Waals surface area (Å²) in [6.45, 7) is 1.47. The number of anilines is 2. The zero-order chi connectivity index (χ0) is 15.9. The number of nitrogen functional groups attached to an aromatic ring is 1. The quantitative estimate of drug-likeness (QED) is 0.882. The summed E-state index contributed by atoms with van der Waals surface area (Å²) in [5, 5.41) is 9.58. The molecule has 1 aliphatic rings. The number of aliphatic hydroxyl groups is 1. The Morgan fingerprint density at radius 2 is 2.14 bits per heavy atom. The number of rotatable bonds is 3. The van der Waals surface area contributed by atoms with Gasteiger partial charge in [0.2, 0.25) is 0 Å². The average Bonchev–Trinajstić information content (AvgIpc) is 2.89. The number of para-hydroxylation sites is 1. The Morgan fingerprint density at radius 3 is 2.82 bits per heavy atom. The lowest BCUT2D eigenvalue weighted by atomic mass is 10.1. The monoisotopic (exact) mass is 319 g/mol. The number of benzene rings is 1. The van der Waals surface area contributed by atoms with Crippen molar-refractivity contribution >= 4 is 21.5 Å². The SMILES string of the molecule is Cc1cc(S(=O)(=O)N2c3ccccc3CC2CO)cnc1N. The Kier molecular flexibility index (Phi) is 3.54. The molecule has 0 aliphatic carbocycles. The van der Waals surface area contributed by atoms with E-state index in [0.29, 0.717) is 23.5 Å². The van der Waals surface area contributed by atoms with Gasteiger partial charge in [-0.15, -0.1) is 0 Å². The number of hydrogen-bond donors (Lipinski definition) is 2. The van der Waals surface area contributed by atoms with Crippen LogP contribution in [0.1, 0.15) is 11.1 Å². The van der Waals surface area contributed by atoms with E-state index in [-0.39, 0.29) is 11.5 Å². The van der Waals surface area contributed by atoms with E-state index in [2.05, 4.69) is 4.98 Å². The van der Waals surface area contributed by atoms with Crippen LogP contribution in [0.15, 0.2) is 41.4 Å². The highest BCUT2D eigenvalue weighted by Crippen LogP contribution is 2.36. The minimum absolute atomic E-state index is 0.0781. The fourth-order valence-corrected chi connectivity index (χ4v) is 4.42. The molecule has 1 unspecified atom stereocenters. The minimum atomic E-state index is -3.80. The predicted molar refractivity (Wildman–Crippen MR) is 84.1 cm³/mol. The number of pyridine rings is 1. The summed E-state index contributed by atoms with van der Waals surface area (Å²) in [6, 6.07) is 8.28. The first-order chi connectivity index (χ1) is 10.4. The number of hydrogen-bond acceptors (Lipinski definition) is 5. The van der Waals surface area contributed by atoms with Crippen LogP contribution >= 0.6 is 0 Å². The van der Waals surface area contributed by atoms with E-state index >= 15 is 0 Å². The van der Waals surface area contributed by atoms with Crippen molar-refractivity contribution in [2.24, 2.45) is 0 Å². The van der Waals surface area contributed by atoms with E-state index in [0.717, 1.165) is 5.56 Å². The third-order valence-electron chi connectivity index (χ3n) is 3.88. The van der Waals surface area contributed by atoms with Crippen LogP contribution in [-0.4, -0.2) is 31.2 Å². The average molecular weight is 319 g/mol. The van der Waals surface area contributed by atoms with Crippen molar-refractivity contribution in [1.82, 2.24) is 4.98 Å². The standard InChI is InChI=1S/C15H17N3O3S/c1-10-6-13(8-17-15(10)16)22(20,21)18-12(9-19)7-11-4-2-3-5-14(11)18/h2-6,8,12,19H,7,9H2,1H3,(H2,16,17). The van der Waals surface area contributed by atoms with Gasteiger partial charge in [0.25, 0.3) is 10.0 Å². The Hall–Kier alpha value is -2.12. The number of sulfonamides is 1. The third-order valence-corrected chi connectivity index (χ3v) is 5.71. The Morgan fingerprint density at radius 1 is 1.41 bits per heavy atom. The first-order valence-corrected chi connectivity index (χ1v) is 8.34. The first-order valence-electron chi connectivity index (χ1n) is 6.90. The molecule has 0 fully saturated rings. The number of aryl methyl sites for hydroxylation is 1. The molecule has 0 saturated carbocycles. The van der Waals surface area contributed by atoms with Gasteiger partial charge in [-0.1, -0.05) is 18.2 Å². The van der Waals surface area contributed by atoms with Crippen molar-refractivity contribution in [3.63, 3.8) is 0 Å². The van der Waals surface area contributed by atoms with Gasteiger partial charge in [-0.25, -0.2) is 13.4 Å². The molecule has 6 nitrogen and oxygen atoms in total. The van der Waals surface area contributed by atoms with Crippen molar-refractivity contribution in [2.45, 2.75) is 24.3 Å². The molecule has 0 saturated heterocycles. The smallest absolute Gasteiger partial charge is 0.266 e. The van der Waals surface area contributed by atoms with Gasteiger partial charge < -0.3 is 10.8 Å². The number of nitrogens with zero attached hydrogens (tertiary/aromatic N) is 2. The molecular formula is C15H17N3O3S. The van der Waals surface area contributed by atoms with Crippen LogP contribution in [0.2, 0.25) is 0 Å². The van der Waals surface area contributed by atoms with Crippen LogP contribution in [0.25, 0.3) is 0 Å². The number of aromatic nitrogens is 1.